The highest BCUT2D eigenvalue weighted by Gasteiger charge is 2.56. The molecule has 0 radical (unpaired) electrons. The summed E-state index contributed by atoms with van der Waals surface area (Å²) in [6, 6.07) is 3.25. The normalized spacial score (nSPS) is 21.8. The van der Waals surface area contributed by atoms with Gasteiger partial charge in [0.05, 0.1) is 16.7 Å². The summed E-state index contributed by atoms with van der Waals surface area (Å²) < 4.78 is 10.6. The number of amides is 1. The van der Waals surface area contributed by atoms with E-state index in [1.165, 1.54) is 0 Å². The molecule has 118 valence electrons. The first kappa shape index (κ1) is 14.8. The second-order valence-corrected chi connectivity index (χ2v) is 6.92. The second-order valence-electron chi connectivity index (χ2n) is 6.92. The van der Waals surface area contributed by atoms with Gasteiger partial charge in [-0.2, -0.15) is 0 Å². The van der Waals surface area contributed by atoms with Crippen molar-refractivity contribution in [3.8, 4) is 0 Å². The average Bonchev–Trinajstić information content (AvgIpc) is 3.15. The summed E-state index contributed by atoms with van der Waals surface area (Å²) in [7, 11) is 0. The Morgan fingerprint density at radius 1 is 1.41 bits per heavy atom. The predicted octanol–water partition coefficient (Wildman–Crippen LogP) is 3.02. The molecule has 1 fully saturated rings. The fourth-order valence-electron chi connectivity index (χ4n) is 2.79. The van der Waals surface area contributed by atoms with E-state index in [2.05, 4.69) is 10.3 Å². The van der Waals surface area contributed by atoms with Crippen molar-refractivity contribution in [2.45, 2.75) is 57.7 Å². The van der Waals surface area contributed by atoms with Crippen LogP contribution in [0.25, 0.3) is 0 Å². The lowest BCUT2D eigenvalue weighted by atomic mass is 9.89. The van der Waals surface area contributed by atoms with E-state index < -0.39 is 11.7 Å². The van der Waals surface area contributed by atoms with E-state index >= 15 is 0 Å². The van der Waals surface area contributed by atoms with E-state index in [0.29, 0.717) is 11.4 Å². The summed E-state index contributed by atoms with van der Waals surface area (Å²) in [5.41, 5.74) is 0.457. The number of cyclic esters (lactones) is 1. The SMILES string of the molecule is CC1OC(=O)c2ccc(NC(=O)OC(C)(C)C)nc2C12CC2. The molecule has 3 rings (SSSR count). The van der Waals surface area contributed by atoms with E-state index in [1.54, 1.807) is 32.9 Å². The number of fused-ring (bicyclic) bond motifs is 2. The first-order valence-corrected chi connectivity index (χ1v) is 7.44. The third-order valence-corrected chi connectivity index (χ3v) is 4.07. The zero-order valence-electron chi connectivity index (χ0n) is 13.2. The van der Waals surface area contributed by atoms with Gasteiger partial charge in [-0.1, -0.05) is 0 Å². The highest BCUT2D eigenvalue weighted by molar-refractivity contribution is 5.93. The Bertz CT molecular complexity index is 644. The minimum Gasteiger partial charge on any atom is -0.458 e. The van der Waals surface area contributed by atoms with E-state index in [0.717, 1.165) is 18.5 Å². The lowest BCUT2D eigenvalue weighted by Crippen LogP contribution is -2.37. The molecule has 1 amide bonds. The number of ether oxygens (including phenoxy) is 2. The van der Waals surface area contributed by atoms with Crippen LogP contribution in [0, 0.1) is 0 Å². The summed E-state index contributed by atoms with van der Waals surface area (Å²) in [4.78, 5) is 28.3. The zero-order chi connectivity index (χ0) is 16.1. The molecule has 1 N–H and O–H groups in total. The fraction of sp³-hybridized carbons (Fsp3) is 0.562. The van der Waals surface area contributed by atoms with E-state index in [1.807, 2.05) is 6.92 Å². The first-order valence-electron chi connectivity index (χ1n) is 7.44. The van der Waals surface area contributed by atoms with Crippen molar-refractivity contribution >= 4 is 17.9 Å². The summed E-state index contributed by atoms with van der Waals surface area (Å²) in [5.74, 6) is 0.0394. The molecule has 0 saturated heterocycles. The number of esters is 1. The first-order chi connectivity index (χ1) is 10.2. The largest absolute Gasteiger partial charge is 0.458 e. The third kappa shape index (κ3) is 2.53. The molecule has 2 heterocycles. The highest BCUT2D eigenvalue weighted by Crippen LogP contribution is 2.54. The van der Waals surface area contributed by atoms with Crippen LogP contribution in [0.1, 0.15) is 56.6 Å². The van der Waals surface area contributed by atoms with E-state index in [9.17, 15) is 9.59 Å². The smallest absolute Gasteiger partial charge is 0.413 e. The molecule has 1 spiro atoms. The second kappa shape index (κ2) is 4.69. The summed E-state index contributed by atoms with van der Waals surface area (Å²) in [6.45, 7) is 7.28. The summed E-state index contributed by atoms with van der Waals surface area (Å²) in [5, 5.41) is 2.62. The lowest BCUT2D eigenvalue weighted by Gasteiger charge is -2.30. The van der Waals surface area contributed by atoms with Crippen LogP contribution >= 0.6 is 0 Å². The molecule has 6 heteroatoms. The maximum atomic E-state index is 12.0. The van der Waals surface area contributed by atoms with Crippen LogP contribution in [-0.4, -0.2) is 28.8 Å². The fourth-order valence-corrected chi connectivity index (χ4v) is 2.79. The molecule has 1 aliphatic carbocycles. The number of rotatable bonds is 1. The average molecular weight is 304 g/mol. The van der Waals surface area contributed by atoms with Gasteiger partial charge in [-0.15, -0.1) is 0 Å². The molecule has 22 heavy (non-hydrogen) atoms. The van der Waals surface area contributed by atoms with Crippen molar-refractivity contribution in [3.05, 3.63) is 23.4 Å². The maximum Gasteiger partial charge on any atom is 0.413 e. The number of hydrogen-bond donors (Lipinski definition) is 1. The number of hydrogen-bond acceptors (Lipinski definition) is 5. The zero-order valence-corrected chi connectivity index (χ0v) is 13.2. The van der Waals surface area contributed by atoms with Crippen LogP contribution in [0.4, 0.5) is 10.6 Å². The van der Waals surface area contributed by atoms with Gasteiger partial charge in [0.2, 0.25) is 0 Å². The molecule has 2 aliphatic rings. The number of nitrogens with one attached hydrogen (secondary N) is 1. The topological polar surface area (TPSA) is 77.5 Å². The van der Waals surface area contributed by atoms with Crippen LogP contribution in [-0.2, 0) is 14.9 Å². The number of carbonyl (C=O) groups is 2. The van der Waals surface area contributed by atoms with Gasteiger partial charge in [0, 0.05) is 0 Å². The van der Waals surface area contributed by atoms with Crippen LogP contribution in [0.5, 0.6) is 0 Å². The third-order valence-electron chi connectivity index (χ3n) is 4.07. The van der Waals surface area contributed by atoms with Crippen LogP contribution in [0.3, 0.4) is 0 Å². The number of anilines is 1. The Labute approximate surface area is 129 Å². The monoisotopic (exact) mass is 304 g/mol. The van der Waals surface area contributed by atoms with Crippen LogP contribution in [0.15, 0.2) is 12.1 Å². The van der Waals surface area contributed by atoms with Crippen LogP contribution in [0.2, 0.25) is 0 Å². The van der Waals surface area contributed by atoms with E-state index in [4.69, 9.17) is 9.47 Å². The molecule has 0 bridgehead atoms. The quantitative estimate of drug-likeness (QED) is 0.807. The van der Waals surface area contributed by atoms with Gasteiger partial charge in [-0.25, -0.2) is 14.6 Å². The Morgan fingerprint density at radius 3 is 2.68 bits per heavy atom. The number of nitrogens with zero attached hydrogens (tertiary/aromatic N) is 1. The predicted molar refractivity (Wildman–Crippen MR) is 79.9 cm³/mol. The van der Waals surface area contributed by atoms with Crippen molar-refractivity contribution in [1.82, 2.24) is 4.98 Å². The molecular formula is C16H20N2O4. The lowest BCUT2D eigenvalue weighted by molar-refractivity contribution is 0.0183. The van der Waals surface area contributed by atoms with Gasteiger partial charge in [0.1, 0.15) is 17.5 Å². The molecule has 6 nitrogen and oxygen atoms in total. The van der Waals surface area contributed by atoms with Gasteiger partial charge in [-0.05, 0) is 52.7 Å². The minimum atomic E-state index is -0.575. The molecule has 1 atom stereocenters. The van der Waals surface area contributed by atoms with Crippen molar-refractivity contribution in [3.63, 3.8) is 0 Å². The standard InChI is InChI=1S/C16H20N2O4/c1-9-16(7-8-16)12-10(13(19)21-9)5-6-11(17-12)18-14(20)22-15(2,3)4/h5-6,9H,7-8H2,1-4H3,(H,17,18,20). The summed E-state index contributed by atoms with van der Waals surface area (Å²) >= 11 is 0. The maximum absolute atomic E-state index is 12.0. The Morgan fingerprint density at radius 2 is 2.09 bits per heavy atom. The van der Waals surface area contributed by atoms with E-state index in [-0.39, 0.29) is 17.5 Å². The molecule has 1 saturated carbocycles. The van der Waals surface area contributed by atoms with Crippen molar-refractivity contribution in [1.29, 1.82) is 0 Å². The van der Waals surface area contributed by atoms with Gasteiger partial charge in [-0.3, -0.25) is 5.32 Å². The van der Waals surface area contributed by atoms with Gasteiger partial charge < -0.3 is 9.47 Å². The molecule has 1 aromatic rings. The molecule has 1 aliphatic heterocycles. The number of pyridine rings is 1. The number of carbonyl (C=O) groups excluding carboxylic acids is 2. The molecule has 0 aromatic carbocycles. The molecule has 1 unspecified atom stereocenters. The van der Waals surface area contributed by atoms with Crippen molar-refractivity contribution in [2.24, 2.45) is 0 Å². The number of aromatic nitrogens is 1. The Hall–Kier alpha value is -2.11. The Kier molecular flexibility index (Phi) is 3.16. The highest BCUT2D eigenvalue weighted by atomic mass is 16.6. The molecular weight excluding hydrogens is 284 g/mol. The summed E-state index contributed by atoms with van der Waals surface area (Å²) in [6.07, 6.45) is 1.14. The van der Waals surface area contributed by atoms with Crippen molar-refractivity contribution < 1.29 is 19.1 Å². The van der Waals surface area contributed by atoms with Crippen LogP contribution < -0.4 is 5.32 Å². The van der Waals surface area contributed by atoms with Gasteiger partial charge >= 0.3 is 12.1 Å². The van der Waals surface area contributed by atoms with Gasteiger partial charge in [0.25, 0.3) is 0 Å². The van der Waals surface area contributed by atoms with Crippen molar-refractivity contribution in [2.75, 3.05) is 5.32 Å². The Balaban J connectivity index is 1.86. The van der Waals surface area contributed by atoms with Gasteiger partial charge in [0.15, 0.2) is 0 Å². The minimum absolute atomic E-state index is 0.184. The molecule has 1 aromatic heterocycles.